The summed E-state index contributed by atoms with van der Waals surface area (Å²) in [5, 5.41) is 11.6. The summed E-state index contributed by atoms with van der Waals surface area (Å²) in [7, 11) is 1.60. The quantitative estimate of drug-likeness (QED) is 0.567. The van der Waals surface area contributed by atoms with Gasteiger partial charge in [0.25, 0.3) is 0 Å². The standard InChI is InChI=1S/C12H12N2O2/c1-9-7-13-12(14(15)8-9)10-3-5-11(16-2)6-4-10/h3-8H,1-2H3. The minimum absolute atomic E-state index is 0.397. The Morgan fingerprint density at radius 3 is 2.50 bits per heavy atom. The number of rotatable bonds is 2. The van der Waals surface area contributed by atoms with Crippen molar-refractivity contribution >= 4 is 0 Å². The fourth-order valence-corrected chi connectivity index (χ4v) is 1.44. The Kier molecular flexibility index (Phi) is 2.72. The molecule has 0 spiro atoms. The van der Waals surface area contributed by atoms with E-state index in [1.54, 1.807) is 25.4 Å². The summed E-state index contributed by atoms with van der Waals surface area (Å²) in [5.41, 5.74) is 1.61. The molecule has 0 saturated heterocycles. The number of benzene rings is 1. The molecule has 82 valence electrons. The van der Waals surface area contributed by atoms with Crippen LogP contribution in [-0.2, 0) is 0 Å². The lowest BCUT2D eigenvalue weighted by Crippen LogP contribution is -2.30. The Morgan fingerprint density at radius 2 is 1.94 bits per heavy atom. The number of aryl methyl sites for hydroxylation is 1. The van der Waals surface area contributed by atoms with Gasteiger partial charge in [0, 0.05) is 5.56 Å². The highest BCUT2D eigenvalue weighted by Crippen LogP contribution is 2.17. The molecule has 1 aromatic heterocycles. The predicted octanol–water partition coefficient (Wildman–Crippen LogP) is 1.70. The van der Waals surface area contributed by atoms with Crippen LogP contribution in [0.3, 0.4) is 0 Å². The maximum Gasteiger partial charge on any atom is 0.333 e. The Balaban J connectivity index is 2.42. The van der Waals surface area contributed by atoms with E-state index in [1.807, 2.05) is 19.1 Å². The van der Waals surface area contributed by atoms with Crippen molar-refractivity contribution < 1.29 is 9.47 Å². The van der Waals surface area contributed by atoms with Gasteiger partial charge in [-0.25, -0.2) is 4.73 Å². The summed E-state index contributed by atoms with van der Waals surface area (Å²) in [6.07, 6.45) is 3.18. The zero-order valence-electron chi connectivity index (χ0n) is 9.18. The second-order valence-electron chi connectivity index (χ2n) is 3.51. The zero-order valence-corrected chi connectivity index (χ0v) is 9.18. The Hall–Kier alpha value is -2.10. The van der Waals surface area contributed by atoms with Crippen LogP contribution < -0.4 is 9.47 Å². The number of ether oxygens (including phenoxy) is 1. The largest absolute Gasteiger partial charge is 0.710 e. The number of nitrogens with zero attached hydrogens (tertiary/aromatic N) is 2. The molecule has 0 saturated carbocycles. The third-order valence-electron chi connectivity index (χ3n) is 2.27. The molecule has 0 aliphatic carbocycles. The van der Waals surface area contributed by atoms with E-state index in [-0.39, 0.29) is 0 Å². The molecule has 4 nitrogen and oxygen atoms in total. The third kappa shape index (κ3) is 1.95. The van der Waals surface area contributed by atoms with Gasteiger partial charge in [-0.1, -0.05) is 0 Å². The maximum atomic E-state index is 11.6. The van der Waals surface area contributed by atoms with E-state index in [2.05, 4.69) is 4.98 Å². The molecule has 2 aromatic rings. The van der Waals surface area contributed by atoms with Crippen LogP contribution in [0, 0.1) is 12.1 Å². The van der Waals surface area contributed by atoms with Crippen LogP contribution >= 0.6 is 0 Å². The summed E-state index contributed by atoms with van der Waals surface area (Å²) in [4.78, 5) is 4.11. The van der Waals surface area contributed by atoms with Gasteiger partial charge in [0.2, 0.25) is 0 Å². The van der Waals surface area contributed by atoms with E-state index < -0.39 is 0 Å². The molecule has 0 atom stereocenters. The van der Waals surface area contributed by atoms with Crippen molar-refractivity contribution in [1.82, 2.24) is 4.98 Å². The molecular weight excluding hydrogens is 204 g/mol. The average molecular weight is 216 g/mol. The minimum atomic E-state index is 0.397. The molecule has 1 aromatic carbocycles. The molecule has 0 N–H and O–H groups in total. The van der Waals surface area contributed by atoms with Gasteiger partial charge in [0.05, 0.1) is 12.7 Å². The van der Waals surface area contributed by atoms with E-state index in [4.69, 9.17) is 4.74 Å². The van der Waals surface area contributed by atoms with E-state index in [1.165, 1.54) is 6.20 Å². The zero-order chi connectivity index (χ0) is 11.5. The lowest BCUT2D eigenvalue weighted by atomic mass is 10.2. The Bertz CT molecular complexity index is 495. The first-order valence-corrected chi connectivity index (χ1v) is 4.91. The summed E-state index contributed by atoms with van der Waals surface area (Å²) in [6, 6.07) is 7.23. The lowest BCUT2D eigenvalue weighted by molar-refractivity contribution is -0.597. The Labute approximate surface area is 93.7 Å². The van der Waals surface area contributed by atoms with Crippen LogP contribution in [0.15, 0.2) is 36.7 Å². The van der Waals surface area contributed by atoms with E-state index in [9.17, 15) is 5.21 Å². The van der Waals surface area contributed by atoms with Crippen molar-refractivity contribution in [2.75, 3.05) is 7.11 Å². The van der Waals surface area contributed by atoms with Crippen molar-refractivity contribution in [3.63, 3.8) is 0 Å². The van der Waals surface area contributed by atoms with Crippen molar-refractivity contribution in [1.29, 1.82) is 0 Å². The average Bonchev–Trinajstić information content (AvgIpc) is 2.29. The second kappa shape index (κ2) is 4.18. The monoisotopic (exact) mass is 216 g/mol. The Morgan fingerprint density at radius 1 is 1.25 bits per heavy atom. The third-order valence-corrected chi connectivity index (χ3v) is 2.27. The first kappa shape index (κ1) is 10.4. The van der Waals surface area contributed by atoms with Crippen molar-refractivity contribution in [2.24, 2.45) is 0 Å². The second-order valence-corrected chi connectivity index (χ2v) is 3.51. The SMILES string of the molecule is COc1ccc(-c2ncc(C)c[n+]2[O-])cc1. The normalized spacial score (nSPS) is 10.1. The molecule has 0 aliphatic heterocycles. The van der Waals surface area contributed by atoms with Gasteiger partial charge in [0.15, 0.2) is 0 Å². The molecule has 0 aliphatic rings. The van der Waals surface area contributed by atoms with Crippen molar-refractivity contribution in [3.05, 3.63) is 47.4 Å². The van der Waals surface area contributed by atoms with Gasteiger partial charge < -0.3 is 9.94 Å². The molecule has 2 rings (SSSR count). The van der Waals surface area contributed by atoms with E-state index >= 15 is 0 Å². The van der Waals surface area contributed by atoms with E-state index in [0.29, 0.717) is 5.82 Å². The highest BCUT2D eigenvalue weighted by atomic mass is 16.5. The molecule has 0 bridgehead atoms. The lowest BCUT2D eigenvalue weighted by Gasteiger charge is -2.06. The molecule has 4 heteroatoms. The summed E-state index contributed by atoms with van der Waals surface area (Å²) < 4.78 is 5.82. The van der Waals surface area contributed by atoms with Crippen molar-refractivity contribution in [3.8, 4) is 17.1 Å². The first-order chi connectivity index (χ1) is 7.70. The molecule has 16 heavy (non-hydrogen) atoms. The number of aromatic nitrogens is 2. The van der Waals surface area contributed by atoms with Crippen LogP contribution in [0.5, 0.6) is 5.75 Å². The molecule has 0 unspecified atom stereocenters. The molecule has 1 heterocycles. The first-order valence-electron chi connectivity index (χ1n) is 4.91. The fourth-order valence-electron chi connectivity index (χ4n) is 1.44. The number of methoxy groups -OCH3 is 1. The van der Waals surface area contributed by atoms with Crippen LogP contribution in [0.25, 0.3) is 11.4 Å². The van der Waals surface area contributed by atoms with Crippen molar-refractivity contribution in [2.45, 2.75) is 6.92 Å². The van der Waals surface area contributed by atoms with Gasteiger partial charge in [-0.2, -0.15) is 0 Å². The fraction of sp³-hybridized carbons (Fsp3) is 0.167. The summed E-state index contributed by atoms with van der Waals surface area (Å²) in [6.45, 7) is 1.83. The van der Waals surface area contributed by atoms with Gasteiger partial charge >= 0.3 is 5.82 Å². The highest BCUT2D eigenvalue weighted by molar-refractivity contribution is 5.53. The van der Waals surface area contributed by atoms with E-state index in [0.717, 1.165) is 21.6 Å². The van der Waals surface area contributed by atoms with Gasteiger partial charge in [0.1, 0.15) is 18.1 Å². The van der Waals surface area contributed by atoms with Crippen LogP contribution in [-0.4, -0.2) is 12.1 Å². The summed E-state index contributed by atoms with van der Waals surface area (Å²) >= 11 is 0. The topological polar surface area (TPSA) is 49.1 Å². The minimum Gasteiger partial charge on any atom is -0.710 e. The van der Waals surface area contributed by atoms with Crippen LogP contribution in [0.4, 0.5) is 0 Å². The van der Waals surface area contributed by atoms with Gasteiger partial charge in [-0.05, 0) is 36.2 Å². The van der Waals surface area contributed by atoms with Gasteiger partial charge in [-0.15, -0.1) is 0 Å². The molecule has 0 radical (unpaired) electrons. The molecular formula is C12H12N2O2. The summed E-state index contributed by atoms with van der Waals surface area (Å²) in [5.74, 6) is 1.15. The molecule has 0 amide bonds. The number of hydrogen-bond acceptors (Lipinski definition) is 3. The highest BCUT2D eigenvalue weighted by Gasteiger charge is 2.10. The van der Waals surface area contributed by atoms with Crippen LogP contribution in [0.1, 0.15) is 5.56 Å². The predicted molar refractivity (Wildman–Crippen MR) is 59.9 cm³/mol. The van der Waals surface area contributed by atoms with Gasteiger partial charge in [-0.3, -0.25) is 0 Å². The maximum absolute atomic E-state index is 11.6. The number of hydrogen-bond donors (Lipinski definition) is 0. The molecule has 0 fully saturated rings. The smallest absolute Gasteiger partial charge is 0.333 e. The van der Waals surface area contributed by atoms with Crippen LogP contribution in [0.2, 0.25) is 0 Å².